The van der Waals surface area contributed by atoms with Gasteiger partial charge in [-0.05, 0) is 23.8 Å². The number of amides is 1. The summed E-state index contributed by atoms with van der Waals surface area (Å²) < 4.78 is 5.07. The Morgan fingerprint density at radius 2 is 2.35 bits per heavy atom. The Balaban J connectivity index is 2.29. The number of anilines is 2. The average Bonchev–Trinajstić information content (AvgIpc) is 2.33. The monoisotopic (exact) mass is 231 g/mol. The molecule has 0 unspecified atom stereocenters. The second kappa shape index (κ2) is 4.85. The molecule has 17 heavy (non-hydrogen) atoms. The summed E-state index contributed by atoms with van der Waals surface area (Å²) in [4.78, 5) is 13.3. The number of rotatable bonds is 2. The Morgan fingerprint density at radius 1 is 1.53 bits per heavy atom. The summed E-state index contributed by atoms with van der Waals surface area (Å²) in [5.74, 6) is -0.0658. The highest BCUT2D eigenvalue weighted by Crippen LogP contribution is 2.22. The minimum Gasteiger partial charge on any atom is -0.398 e. The Hall–Kier alpha value is -2.06. The second-order valence-corrected chi connectivity index (χ2v) is 3.82. The van der Waals surface area contributed by atoms with E-state index in [0.717, 1.165) is 11.3 Å². The van der Waals surface area contributed by atoms with Crippen LogP contribution < -0.4 is 10.6 Å². The lowest BCUT2D eigenvalue weighted by Gasteiger charge is -2.27. The van der Waals surface area contributed by atoms with Gasteiger partial charge in [-0.3, -0.25) is 4.79 Å². The second-order valence-electron chi connectivity index (χ2n) is 3.82. The molecule has 1 aliphatic heterocycles. The number of nitrogens with two attached hydrogens (primary N) is 1. The fourth-order valence-corrected chi connectivity index (χ4v) is 1.79. The van der Waals surface area contributed by atoms with E-state index in [1.165, 1.54) is 0 Å². The molecule has 1 amide bonds. The predicted molar refractivity (Wildman–Crippen MR) is 63.3 cm³/mol. The summed E-state index contributed by atoms with van der Waals surface area (Å²) in [7, 11) is 0. The summed E-state index contributed by atoms with van der Waals surface area (Å²) in [5, 5.41) is 8.69. The molecule has 5 nitrogen and oxygen atoms in total. The molecule has 88 valence electrons. The smallest absolute Gasteiger partial charge is 0.253 e. The van der Waals surface area contributed by atoms with E-state index in [0.29, 0.717) is 18.8 Å². The van der Waals surface area contributed by atoms with Crippen molar-refractivity contribution in [2.24, 2.45) is 0 Å². The van der Waals surface area contributed by atoms with E-state index in [-0.39, 0.29) is 18.9 Å². The summed E-state index contributed by atoms with van der Waals surface area (Å²) in [6.07, 6.45) is 0.248. The van der Waals surface area contributed by atoms with Crippen LogP contribution in [-0.4, -0.2) is 25.7 Å². The lowest BCUT2D eigenvalue weighted by atomic mass is 10.1. The van der Waals surface area contributed by atoms with Crippen LogP contribution in [0.25, 0.3) is 0 Å². The van der Waals surface area contributed by atoms with Crippen LogP contribution in [0, 0.1) is 11.3 Å². The minimum absolute atomic E-state index is 0.0658. The molecular formula is C12H13N3O2. The normalized spacial score (nSPS) is 15.7. The molecule has 2 rings (SSSR count). The Bertz CT molecular complexity index is 479. The Labute approximate surface area is 99.4 Å². The van der Waals surface area contributed by atoms with Crippen LogP contribution in [0.5, 0.6) is 0 Å². The fraction of sp³-hybridized carbons (Fsp3) is 0.333. The van der Waals surface area contributed by atoms with Gasteiger partial charge in [0, 0.05) is 17.9 Å². The summed E-state index contributed by atoms with van der Waals surface area (Å²) in [6.45, 7) is 1.18. The third-order valence-corrected chi connectivity index (χ3v) is 2.69. The molecule has 0 aliphatic carbocycles. The Kier molecular flexibility index (Phi) is 3.26. The van der Waals surface area contributed by atoms with E-state index in [2.05, 4.69) is 6.07 Å². The molecule has 1 aromatic carbocycles. The highest BCUT2D eigenvalue weighted by Gasteiger charge is 2.20. The van der Waals surface area contributed by atoms with Crippen molar-refractivity contribution < 1.29 is 9.53 Å². The number of carbonyl (C=O) groups excluding carboxylic acids is 1. The topological polar surface area (TPSA) is 79.4 Å². The van der Waals surface area contributed by atoms with Crippen molar-refractivity contribution in [3.8, 4) is 6.07 Å². The molecule has 2 N–H and O–H groups in total. The predicted octanol–water partition coefficient (Wildman–Crippen LogP) is 0.698. The van der Waals surface area contributed by atoms with Crippen molar-refractivity contribution in [2.45, 2.75) is 6.42 Å². The van der Waals surface area contributed by atoms with E-state index in [1.54, 1.807) is 23.1 Å². The third kappa shape index (κ3) is 2.37. The largest absolute Gasteiger partial charge is 0.398 e. The molecule has 0 saturated carbocycles. The summed E-state index contributed by atoms with van der Waals surface area (Å²) in [6, 6.07) is 7.37. The molecule has 1 heterocycles. The standard InChI is InChI=1S/C12H13N3O2/c13-4-3-9-7-10(1-2-11(9)14)15-5-6-17-8-12(15)16/h1-2,7H,3,5-6,8,14H2. The first-order chi connectivity index (χ1) is 8.22. The van der Waals surface area contributed by atoms with Gasteiger partial charge in [-0.1, -0.05) is 0 Å². The number of ether oxygens (including phenoxy) is 1. The van der Waals surface area contributed by atoms with Gasteiger partial charge in [-0.15, -0.1) is 0 Å². The molecule has 1 aliphatic rings. The van der Waals surface area contributed by atoms with Crippen molar-refractivity contribution >= 4 is 17.3 Å². The van der Waals surface area contributed by atoms with Crippen LogP contribution in [0.4, 0.5) is 11.4 Å². The molecule has 0 aromatic heterocycles. The zero-order chi connectivity index (χ0) is 12.3. The quantitative estimate of drug-likeness (QED) is 0.760. The van der Waals surface area contributed by atoms with Crippen molar-refractivity contribution in [3.05, 3.63) is 23.8 Å². The van der Waals surface area contributed by atoms with E-state index in [1.807, 2.05) is 0 Å². The van der Waals surface area contributed by atoms with E-state index in [4.69, 9.17) is 15.7 Å². The lowest BCUT2D eigenvalue weighted by molar-refractivity contribution is -0.125. The van der Waals surface area contributed by atoms with Crippen LogP contribution in [-0.2, 0) is 16.0 Å². The van der Waals surface area contributed by atoms with Gasteiger partial charge in [0.05, 0.1) is 19.1 Å². The maximum atomic E-state index is 11.7. The molecule has 0 spiro atoms. The van der Waals surface area contributed by atoms with E-state index < -0.39 is 0 Å². The van der Waals surface area contributed by atoms with E-state index >= 15 is 0 Å². The van der Waals surface area contributed by atoms with E-state index in [9.17, 15) is 4.79 Å². The van der Waals surface area contributed by atoms with Gasteiger partial charge in [-0.25, -0.2) is 0 Å². The first-order valence-corrected chi connectivity index (χ1v) is 5.36. The van der Waals surface area contributed by atoms with Crippen LogP contribution in [0.15, 0.2) is 18.2 Å². The number of hydrogen-bond acceptors (Lipinski definition) is 4. The summed E-state index contributed by atoms with van der Waals surface area (Å²) in [5.41, 5.74) is 7.87. The maximum Gasteiger partial charge on any atom is 0.253 e. The first kappa shape index (κ1) is 11.4. The number of nitrogens with zero attached hydrogens (tertiary/aromatic N) is 2. The van der Waals surface area contributed by atoms with Gasteiger partial charge in [0.25, 0.3) is 5.91 Å². The van der Waals surface area contributed by atoms with Crippen LogP contribution >= 0.6 is 0 Å². The Morgan fingerprint density at radius 3 is 3.06 bits per heavy atom. The third-order valence-electron chi connectivity index (χ3n) is 2.69. The molecule has 0 bridgehead atoms. The zero-order valence-electron chi connectivity index (χ0n) is 9.35. The summed E-state index contributed by atoms with van der Waals surface area (Å²) >= 11 is 0. The molecule has 1 fully saturated rings. The number of benzene rings is 1. The number of carbonyl (C=O) groups is 1. The van der Waals surface area contributed by atoms with Crippen molar-refractivity contribution in [3.63, 3.8) is 0 Å². The minimum atomic E-state index is -0.0658. The number of nitrogen functional groups attached to an aromatic ring is 1. The number of nitriles is 1. The van der Waals surface area contributed by atoms with Crippen LogP contribution in [0.3, 0.4) is 0 Å². The number of morpholine rings is 1. The van der Waals surface area contributed by atoms with Gasteiger partial charge in [0.15, 0.2) is 0 Å². The van der Waals surface area contributed by atoms with Crippen molar-refractivity contribution in [2.75, 3.05) is 30.4 Å². The lowest BCUT2D eigenvalue weighted by Crippen LogP contribution is -2.41. The van der Waals surface area contributed by atoms with Gasteiger partial charge < -0.3 is 15.4 Å². The molecular weight excluding hydrogens is 218 g/mol. The highest BCUT2D eigenvalue weighted by molar-refractivity contribution is 5.95. The van der Waals surface area contributed by atoms with Gasteiger partial charge in [-0.2, -0.15) is 5.26 Å². The van der Waals surface area contributed by atoms with Crippen LogP contribution in [0.1, 0.15) is 5.56 Å². The maximum absolute atomic E-state index is 11.7. The highest BCUT2D eigenvalue weighted by atomic mass is 16.5. The molecule has 5 heteroatoms. The van der Waals surface area contributed by atoms with Crippen LogP contribution in [0.2, 0.25) is 0 Å². The van der Waals surface area contributed by atoms with Gasteiger partial charge in [0.2, 0.25) is 0 Å². The molecule has 0 atom stereocenters. The van der Waals surface area contributed by atoms with Crippen molar-refractivity contribution in [1.29, 1.82) is 5.26 Å². The fourth-order valence-electron chi connectivity index (χ4n) is 1.79. The molecule has 1 aromatic rings. The van der Waals surface area contributed by atoms with Gasteiger partial charge >= 0.3 is 0 Å². The van der Waals surface area contributed by atoms with Crippen molar-refractivity contribution in [1.82, 2.24) is 0 Å². The zero-order valence-corrected chi connectivity index (χ0v) is 9.35. The first-order valence-electron chi connectivity index (χ1n) is 5.36. The molecule has 0 radical (unpaired) electrons. The van der Waals surface area contributed by atoms with Gasteiger partial charge in [0.1, 0.15) is 6.61 Å². The SMILES string of the molecule is N#CCc1cc(N2CCOCC2=O)ccc1N. The molecule has 1 saturated heterocycles. The number of hydrogen-bond donors (Lipinski definition) is 1. The average molecular weight is 231 g/mol.